The minimum Gasteiger partial charge on any atom is -0.357 e. The Morgan fingerprint density at radius 3 is 2.89 bits per heavy atom. The minimum atomic E-state index is 0.496. The molecule has 5 nitrogen and oxygen atoms in total. The van der Waals surface area contributed by atoms with Gasteiger partial charge in [-0.25, -0.2) is 0 Å². The maximum absolute atomic E-state index is 4.61. The number of aryl methyl sites for hydroxylation is 1. The molecule has 5 heteroatoms. The molecule has 0 amide bonds. The third kappa shape index (κ3) is 4.43. The molecule has 2 N–H and O–H groups in total. The van der Waals surface area contributed by atoms with Crippen LogP contribution in [0.25, 0.3) is 0 Å². The fraction of sp³-hybridized carbons (Fsp3) is 0.571. The quantitative estimate of drug-likeness (QED) is 0.476. The second-order valence-corrected chi connectivity index (χ2v) is 4.82. The predicted octanol–water partition coefficient (Wildman–Crippen LogP) is 1.24. The summed E-state index contributed by atoms with van der Waals surface area (Å²) >= 11 is 0. The fourth-order valence-electron chi connectivity index (χ4n) is 2.15. The number of nitrogens with zero attached hydrogens (tertiary/aromatic N) is 3. The van der Waals surface area contributed by atoms with Crippen LogP contribution < -0.4 is 10.6 Å². The molecule has 0 fully saturated rings. The van der Waals surface area contributed by atoms with Crippen LogP contribution in [0.15, 0.2) is 29.5 Å². The molecule has 2 rings (SSSR count). The van der Waals surface area contributed by atoms with Crippen molar-refractivity contribution in [3.63, 3.8) is 0 Å². The van der Waals surface area contributed by atoms with Crippen LogP contribution in [0.5, 0.6) is 0 Å². The smallest absolute Gasteiger partial charge is 0.191 e. The van der Waals surface area contributed by atoms with E-state index in [-0.39, 0.29) is 0 Å². The van der Waals surface area contributed by atoms with Gasteiger partial charge in [0.2, 0.25) is 0 Å². The van der Waals surface area contributed by atoms with Crippen LogP contribution in [0.3, 0.4) is 0 Å². The Labute approximate surface area is 114 Å². The van der Waals surface area contributed by atoms with Crippen molar-refractivity contribution in [2.45, 2.75) is 32.2 Å². The van der Waals surface area contributed by atoms with Crippen LogP contribution in [0.2, 0.25) is 0 Å². The Bertz CT molecular complexity index is 438. The molecular weight excluding hydrogens is 238 g/mol. The Kier molecular flexibility index (Phi) is 5.01. The zero-order valence-electron chi connectivity index (χ0n) is 11.8. The predicted molar refractivity (Wildman–Crippen MR) is 78.2 cm³/mol. The maximum Gasteiger partial charge on any atom is 0.191 e. The molecule has 0 bridgehead atoms. The SMILES string of the molecule is CCNC(=NCCc1cnn(C)c1)NC1CC=CC1. The highest BCUT2D eigenvalue weighted by Gasteiger charge is 2.11. The van der Waals surface area contributed by atoms with Crippen molar-refractivity contribution >= 4 is 5.96 Å². The molecule has 0 unspecified atom stereocenters. The maximum atomic E-state index is 4.61. The summed E-state index contributed by atoms with van der Waals surface area (Å²) in [6.07, 6.45) is 11.5. The van der Waals surface area contributed by atoms with E-state index in [2.05, 4.69) is 39.8 Å². The van der Waals surface area contributed by atoms with Gasteiger partial charge in [-0.2, -0.15) is 5.10 Å². The normalized spacial score (nSPS) is 16.0. The van der Waals surface area contributed by atoms with E-state index >= 15 is 0 Å². The topological polar surface area (TPSA) is 54.2 Å². The lowest BCUT2D eigenvalue weighted by Crippen LogP contribution is -2.42. The van der Waals surface area contributed by atoms with E-state index in [1.807, 2.05) is 24.1 Å². The molecule has 0 atom stereocenters. The Morgan fingerprint density at radius 2 is 2.26 bits per heavy atom. The van der Waals surface area contributed by atoms with E-state index in [0.29, 0.717) is 6.04 Å². The standard InChI is InChI=1S/C14H23N5/c1-3-15-14(18-13-6-4-5-7-13)16-9-8-12-10-17-19(2)11-12/h4-5,10-11,13H,3,6-9H2,1-2H3,(H2,15,16,18). The van der Waals surface area contributed by atoms with Gasteiger partial charge in [-0.3, -0.25) is 9.67 Å². The first-order chi connectivity index (χ1) is 9.28. The second kappa shape index (κ2) is 6.97. The third-order valence-electron chi connectivity index (χ3n) is 3.12. The summed E-state index contributed by atoms with van der Waals surface area (Å²) in [6, 6.07) is 0.496. The molecule has 1 aliphatic rings. The van der Waals surface area contributed by atoms with Crippen molar-refractivity contribution in [1.82, 2.24) is 20.4 Å². The third-order valence-corrected chi connectivity index (χ3v) is 3.12. The molecule has 0 spiro atoms. The molecule has 0 aromatic carbocycles. The summed E-state index contributed by atoms with van der Waals surface area (Å²) in [6.45, 7) is 3.76. The van der Waals surface area contributed by atoms with E-state index < -0.39 is 0 Å². The van der Waals surface area contributed by atoms with Gasteiger partial charge in [-0.1, -0.05) is 12.2 Å². The summed E-state index contributed by atoms with van der Waals surface area (Å²) in [5, 5.41) is 10.9. The fourth-order valence-corrected chi connectivity index (χ4v) is 2.15. The molecule has 0 aliphatic heterocycles. The van der Waals surface area contributed by atoms with Crippen LogP contribution in [0.1, 0.15) is 25.3 Å². The van der Waals surface area contributed by atoms with E-state index in [4.69, 9.17) is 0 Å². The largest absolute Gasteiger partial charge is 0.357 e. The van der Waals surface area contributed by atoms with Crippen molar-refractivity contribution in [2.75, 3.05) is 13.1 Å². The summed E-state index contributed by atoms with van der Waals surface area (Å²) in [7, 11) is 1.94. The molecule has 0 radical (unpaired) electrons. The van der Waals surface area contributed by atoms with Crippen LogP contribution in [0, 0.1) is 0 Å². The lowest BCUT2D eigenvalue weighted by Gasteiger charge is -2.16. The molecule has 1 aromatic rings. The van der Waals surface area contributed by atoms with Gasteiger partial charge in [0.05, 0.1) is 6.20 Å². The summed E-state index contributed by atoms with van der Waals surface area (Å²) in [5.74, 6) is 0.917. The molecule has 1 aromatic heterocycles. The van der Waals surface area contributed by atoms with E-state index in [0.717, 1.165) is 38.3 Å². The number of rotatable bonds is 5. The van der Waals surface area contributed by atoms with Gasteiger partial charge in [-0.15, -0.1) is 0 Å². The number of hydrogen-bond donors (Lipinski definition) is 2. The van der Waals surface area contributed by atoms with Crippen LogP contribution >= 0.6 is 0 Å². The number of nitrogens with one attached hydrogen (secondary N) is 2. The molecular formula is C14H23N5. The van der Waals surface area contributed by atoms with Gasteiger partial charge in [0.15, 0.2) is 5.96 Å². The molecule has 1 heterocycles. The van der Waals surface area contributed by atoms with Gasteiger partial charge in [0, 0.05) is 32.4 Å². The van der Waals surface area contributed by atoms with Gasteiger partial charge >= 0.3 is 0 Å². The lowest BCUT2D eigenvalue weighted by atomic mass is 10.2. The lowest BCUT2D eigenvalue weighted by molar-refractivity contribution is 0.633. The average molecular weight is 261 g/mol. The molecule has 0 saturated heterocycles. The molecule has 1 aliphatic carbocycles. The Morgan fingerprint density at radius 1 is 1.47 bits per heavy atom. The number of aliphatic imine (C=N–C) groups is 1. The summed E-state index contributed by atoms with van der Waals surface area (Å²) in [4.78, 5) is 4.61. The van der Waals surface area contributed by atoms with Crippen molar-refractivity contribution in [3.8, 4) is 0 Å². The van der Waals surface area contributed by atoms with Gasteiger partial charge in [-0.05, 0) is 31.7 Å². The second-order valence-electron chi connectivity index (χ2n) is 4.82. The number of guanidine groups is 1. The first kappa shape index (κ1) is 13.6. The number of hydrogen-bond acceptors (Lipinski definition) is 2. The number of aromatic nitrogens is 2. The summed E-state index contributed by atoms with van der Waals surface area (Å²) < 4.78 is 1.83. The zero-order chi connectivity index (χ0) is 13.5. The van der Waals surface area contributed by atoms with Crippen molar-refractivity contribution in [3.05, 3.63) is 30.1 Å². The monoisotopic (exact) mass is 261 g/mol. The minimum absolute atomic E-state index is 0.496. The highest BCUT2D eigenvalue weighted by Crippen LogP contribution is 2.08. The zero-order valence-corrected chi connectivity index (χ0v) is 11.8. The molecule has 104 valence electrons. The van der Waals surface area contributed by atoms with Crippen molar-refractivity contribution in [2.24, 2.45) is 12.0 Å². The van der Waals surface area contributed by atoms with E-state index in [9.17, 15) is 0 Å². The summed E-state index contributed by atoms with van der Waals surface area (Å²) in [5.41, 5.74) is 1.23. The highest BCUT2D eigenvalue weighted by atomic mass is 15.2. The Balaban J connectivity index is 1.81. The van der Waals surface area contributed by atoms with Crippen molar-refractivity contribution < 1.29 is 0 Å². The highest BCUT2D eigenvalue weighted by molar-refractivity contribution is 5.80. The van der Waals surface area contributed by atoms with Gasteiger partial charge < -0.3 is 10.6 Å². The first-order valence-corrected chi connectivity index (χ1v) is 6.95. The first-order valence-electron chi connectivity index (χ1n) is 6.95. The van der Waals surface area contributed by atoms with E-state index in [1.165, 1.54) is 5.56 Å². The van der Waals surface area contributed by atoms with E-state index in [1.54, 1.807) is 0 Å². The average Bonchev–Trinajstić information content (AvgIpc) is 3.01. The van der Waals surface area contributed by atoms with Crippen LogP contribution in [0.4, 0.5) is 0 Å². The van der Waals surface area contributed by atoms with Crippen molar-refractivity contribution in [1.29, 1.82) is 0 Å². The van der Waals surface area contributed by atoms with Gasteiger partial charge in [0.1, 0.15) is 0 Å². The van der Waals surface area contributed by atoms with Crippen LogP contribution in [-0.2, 0) is 13.5 Å². The molecule has 0 saturated carbocycles. The van der Waals surface area contributed by atoms with Crippen LogP contribution in [-0.4, -0.2) is 34.9 Å². The van der Waals surface area contributed by atoms with Gasteiger partial charge in [0.25, 0.3) is 0 Å². The Hall–Kier alpha value is -1.78. The molecule has 19 heavy (non-hydrogen) atoms.